The molecule has 0 radical (unpaired) electrons. The van der Waals surface area contributed by atoms with Crippen molar-refractivity contribution in [1.29, 1.82) is 0 Å². The molecule has 0 aromatic carbocycles. The van der Waals surface area contributed by atoms with Crippen molar-refractivity contribution in [3.05, 3.63) is 0 Å². The molecule has 0 amide bonds. The molecule has 2 saturated heterocycles. The quantitative estimate of drug-likeness (QED) is 0.650. The van der Waals surface area contributed by atoms with Crippen LogP contribution in [0.5, 0.6) is 0 Å². The third-order valence-electron chi connectivity index (χ3n) is 5.86. The summed E-state index contributed by atoms with van der Waals surface area (Å²) < 4.78 is 6.58. The topological polar surface area (TPSA) is 12.5 Å². The summed E-state index contributed by atoms with van der Waals surface area (Å²) in [6.45, 7) is 14.3. The smallest absolute Gasteiger partial charge is 0.114 e. The van der Waals surface area contributed by atoms with E-state index in [-0.39, 0.29) is 5.54 Å². The predicted molar refractivity (Wildman–Crippen MR) is 83.6 cm³/mol. The van der Waals surface area contributed by atoms with Crippen molar-refractivity contribution < 1.29 is 4.74 Å². The van der Waals surface area contributed by atoms with Gasteiger partial charge in [0.1, 0.15) is 6.23 Å². The van der Waals surface area contributed by atoms with E-state index in [2.05, 4.69) is 46.4 Å². The van der Waals surface area contributed by atoms with Gasteiger partial charge in [0.15, 0.2) is 0 Å². The summed E-state index contributed by atoms with van der Waals surface area (Å²) in [7, 11) is 0. The zero-order chi connectivity index (χ0) is 14.7. The van der Waals surface area contributed by atoms with Crippen LogP contribution in [0, 0.1) is 17.3 Å². The maximum absolute atomic E-state index is 6.58. The van der Waals surface area contributed by atoms with Gasteiger partial charge in [-0.15, -0.1) is 0 Å². The van der Waals surface area contributed by atoms with Crippen LogP contribution >= 0.6 is 0 Å². The monoisotopic (exact) mass is 279 g/mol. The number of fused-ring (bicyclic) bond motifs is 3. The van der Waals surface area contributed by atoms with Crippen molar-refractivity contribution in [3.8, 4) is 0 Å². The Morgan fingerprint density at radius 1 is 0.900 bits per heavy atom. The Balaban J connectivity index is 1.89. The largest absolute Gasteiger partial charge is 0.359 e. The standard InChI is InChI=1S/C18H33NO/c1-17(2,3)15-11-13-12-9-7-8-10-14(12)20-16(13)19(15)18(4,5)6/h12-16H,7-11H2,1-6H3. The summed E-state index contributed by atoms with van der Waals surface area (Å²) in [5.41, 5.74) is 0.538. The lowest BCUT2D eigenvalue weighted by molar-refractivity contribution is -0.113. The molecule has 2 aliphatic heterocycles. The second kappa shape index (κ2) is 4.71. The Labute approximate surface area is 125 Å². The van der Waals surface area contributed by atoms with Gasteiger partial charge in [-0.1, -0.05) is 33.6 Å². The third kappa shape index (κ3) is 2.33. The molecule has 3 fully saturated rings. The van der Waals surface area contributed by atoms with Crippen LogP contribution in [-0.4, -0.2) is 28.8 Å². The van der Waals surface area contributed by atoms with Crippen LogP contribution in [0.4, 0.5) is 0 Å². The molecule has 0 aromatic rings. The molecule has 20 heavy (non-hydrogen) atoms. The average molecular weight is 279 g/mol. The van der Waals surface area contributed by atoms with Crippen LogP contribution in [0.2, 0.25) is 0 Å². The summed E-state index contributed by atoms with van der Waals surface area (Å²) in [6, 6.07) is 0.653. The zero-order valence-electron chi connectivity index (χ0n) is 14.3. The molecular formula is C18H33NO. The van der Waals surface area contributed by atoms with Crippen molar-refractivity contribution in [2.24, 2.45) is 17.3 Å². The van der Waals surface area contributed by atoms with E-state index in [0.717, 1.165) is 11.8 Å². The van der Waals surface area contributed by atoms with E-state index in [4.69, 9.17) is 4.74 Å². The number of rotatable bonds is 0. The minimum Gasteiger partial charge on any atom is -0.359 e. The number of ether oxygens (including phenoxy) is 1. The Morgan fingerprint density at radius 3 is 2.15 bits per heavy atom. The number of nitrogens with zero attached hydrogens (tertiary/aromatic N) is 1. The van der Waals surface area contributed by atoms with Gasteiger partial charge in [-0.05, 0) is 51.4 Å². The highest BCUT2D eigenvalue weighted by Gasteiger charge is 2.58. The molecule has 2 nitrogen and oxygen atoms in total. The van der Waals surface area contributed by atoms with E-state index >= 15 is 0 Å². The molecule has 1 saturated carbocycles. The summed E-state index contributed by atoms with van der Waals surface area (Å²) in [6.07, 6.45) is 7.78. The summed E-state index contributed by atoms with van der Waals surface area (Å²) >= 11 is 0. The van der Waals surface area contributed by atoms with Crippen LogP contribution in [0.25, 0.3) is 0 Å². The van der Waals surface area contributed by atoms with Gasteiger partial charge < -0.3 is 4.74 Å². The van der Waals surface area contributed by atoms with Gasteiger partial charge in [-0.25, -0.2) is 0 Å². The molecule has 3 rings (SSSR count). The van der Waals surface area contributed by atoms with Crippen LogP contribution < -0.4 is 0 Å². The van der Waals surface area contributed by atoms with Crippen LogP contribution in [0.1, 0.15) is 73.6 Å². The minimum absolute atomic E-state index is 0.199. The predicted octanol–water partition coefficient (Wildman–Crippen LogP) is 4.44. The fraction of sp³-hybridized carbons (Fsp3) is 1.00. The molecule has 2 heterocycles. The minimum atomic E-state index is 0.199. The second-order valence-electron chi connectivity index (χ2n) is 9.37. The summed E-state index contributed by atoms with van der Waals surface area (Å²) in [5.74, 6) is 1.62. The summed E-state index contributed by atoms with van der Waals surface area (Å²) in [4.78, 5) is 2.72. The first-order chi connectivity index (χ1) is 9.19. The number of likely N-dealkylation sites (tertiary alicyclic amines) is 1. The average Bonchev–Trinajstić information content (AvgIpc) is 2.81. The van der Waals surface area contributed by atoms with Gasteiger partial charge in [0.05, 0.1) is 6.10 Å². The van der Waals surface area contributed by atoms with E-state index < -0.39 is 0 Å². The molecule has 1 aliphatic carbocycles. The Hall–Kier alpha value is -0.0800. The highest BCUT2D eigenvalue weighted by Crippen LogP contribution is 2.53. The van der Waals surface area contributed by atoms with Gasteiger partial charge in [0.25, 0.3) is 0 Å². The lowest BCUT2D eigenvalue weighted by Crippen LogP contribution is -2.53. The van der Waals surface area contributed by atoms with Gasteiger partial charge in [-0.2, -0.15) is 0 Å². The van der Waals surface area contributed by atoms with E-state index in [9.17, 15) is 0 Å². The molecule has 3 aliphatic rings. The molecule has 5 atom stereocenters. The van der Waals surface area contributed by atoms with Crippen LogP contribution in [-0.2, 0) is 4.74 Å². The molecule has 0 N–H and O–H groups in total. The van der Waals surface area contributed by atoms with Crippen molar-refractivity contribution >= 4 is 0 Å². The maximum atomic E-state index is 6.58. The Kier molecular flexibility index (Phi) is 3.49. The second-order valence-corrected chi connectivity index (χ2v) is 9.37. The zero-order valence-corrected chi connectivity index (χ0v) is 14.3. The highest BCUT2D eigenvalue weighted by molar-refractivity contribution is 5.06. The Bertz CT molecular complexity index is 365. The van der Waals surface area contributed by atoms with Gasteiger partial charge in [0, 0.05) is 17.5 Å². The van der Waals surface area contributed by atoms with Crippen molar-refractivity contribution in [2.75, 3.05) is 0 Å². The third-order valence-corrected chi connectivity index (χ3v) is 5.86. The first-order valence-electron chi connectivity index (χ1n) is 8.63. The lowest BCUT2D eigenvalue weighted by Gasteiger charge is -2.45. The van der Waals surface area contributed by atoms with Gasteiger partial charge >= 0.3 is 0 Å². The van der Waals surface area contributed by atoms with Crippen LogP contribution in [0.3, 0.4) is 0 Å². The molecule has 5 unspecified atom stereocenters. The molecule has 116 valence electrons. The van der Waals surface area contributed by atoms with Crippen molar-refractivity contribution in [1.82, 2.24) is 4.90 Å². The van der Waals surface area contributed by atoms with E-state index in [1.54, 1.807) is 0 Å². The highest BCUT2D eigenvalue weighted by atomic mass is 16.5. The van der Waals surface area contributed by atoms with Crippen molar-refractivity contribution in [2.45, 2.75) is 97.6 Å². The van der Waals surface area contributed by atoms with Crippen LogP contribution in [0.15, 0.2) is 0 Å². The number of hydrogen-bond acceptors (Lipinski definition) is 2. The lowest BCUT2D eigenvalue weighted by atomic mass is 9.76. The normalized spacial score (nSPS) is 42.6. The van der Waals surface area contributed by atoms with Crippen molar-refractivity contribution in [3.63, 3.8) is 0 Å². The molecule has 2 heteroatoms. The molecule has 0 spiro atoms. The van der Waals surface area contributed by atoms with E-state index in [1.807, 2.05) is 0 Å². The first kappa shape index (κ1) is 14.8. The van der Waals surface area contributed by atoms with Gasteiger partial charge in [-0.3, -0.25) is 4.90 Å². The molecule has 0 aromatic heterocycles. The maximum Gasteiger partial charge on any atom is 0.114 e. The summed E-state index contributed by atoms with van der Waals surface area (Å²) in [5, 5.41) is 0. The SMILES string of the molecule is CC(C)(C)C1CC2C3CCCCC3OC2N1C(C)(C)C. The first-order valence-corrected chi connectivity index (χ1v) is 8.63. The Morgan fingerprint density at radius 2 is 1.55 bits per heavy atom. The van der Waals surface area contributed by atoms with E-state index in [1.165, 1.54) is 32.1 Å². The number of hydrogen-bond donors (Lipinski definition) is 0. The van der Waals surface area contributed by atoms with E-state index in [0.29, 0.717) is 23.8 Å². The molecular weight excluding hydrogens is 246 g/mol. The molecule has 0 bridgehead atoms. The fourth-order valence-electron chi connectivity index (χ4n) is 5.01. The van der Waals surface area contributed by atoms with Gasteiger partial charge in [0.2, 0.25) is 0 Å². The fourth-order valence-corrected chi connectivity index (χ4v) is 5.01.